The summed E-state index contributed by atoms with van der Waals surface area (Å²) in [4.78, 5) is 12.8. The largest absolute Gasteiger partial charge is 0.457 e. The molecule has 0 atom stereocenters. The van der Waals surface area contributed by atoms with Crippen molar-refractivity contribution in [3.63, 3.8) is 0 Å². The second-order valence-corrected chi connectivity index (χ2v) is 7.55. The zero-order chi connectivity index (χ0) is 22.3. The molecule has 0 saturated heterocycles. The Balaban J connectivity index is 1.62. The minimum atomic E-state index is -4.52. The number of carbonyl (C=O) groups is 1. The summed E-state index contributed by atoms with van der Waals surface area (Å²) in [6.07, 6.45) is -3.03. The predicted molar refractivity (Wildman–Crippen MR) is 114 cm³/mol. The average molecular weight is 465 g/mol. The molecule has 31 heavy (non-hydrogen) atoms. The lowest BCUT2D eigenvalue weighted by Gasteiger charge is -2.14. The first-order chi connectivity index (χ1) is 14.6. The molecule has 0 N–H and O–H groups in total. The quantitative estimate of drug-likeness (QED) is 0.388. The molecule has 9 heteroatoms. The molecular weight excluding hydrogens is 452 g/mol. The lowest BCUT2D eigenvalue weighted by Crippen LogP contribution is -2.21. The normalized spacial score (nSPS) is 15.7. The summed E-state index contributed by atoms with van der Waals surface area (Å²) in [5, 5.41) is 5.85. The van der Waals surface area contributed by atoms with Gasteiger partial charge < -0.3 is 4.42 Å². The number of rotatable bonds is 3. The summed E-state index contributed by atoms with van der Waals surface area (Å²) in [7, 11) is 0. The Hall–Kier alpha value is -3.03. The van der Waals surface area contributed by atoms with Crippen LogP contribution in [0.5, 0.6) is 0 Å². The second-order valence-electron chi connectivity index (χ2n) is 6.74. The third-order valence-electron chi connectivity index (χ3n) is 4.60. The molecule has 1 amide bonds. The average Bonchev–Trinajstić information content (AvgIpc) is 3.30. The molecule has 0 aliphatic carbocycles. The number of amides is 1. The Bertz CT molecular complexity index is 1250. The van der Waals surface area contributed by atoms with E-state index in [0.29, 0.717) is 32.8 Å². The Kier molecular flexibility index (Phi) is 5.41. The van der Waals surface area contributed by atoms with Crippen molar-refractivity contribution in [1.29, 1.82) is 0 Å². The van der Waals surface area contributed by atoms with Crippen LogP contribution in [0.2, 0.25) is 10.0 Å². The maximum Gasteiger partial charge on any atom is 0.416 e. The van der Waals surface area contributed by atoms with E-state index in [0.717, 1.165) is 17.1 Å². The number of furan rings is 1. The van der Waals surface area contributed by atoms with Crippen molar-refractivity contribution in [2.24, 2.45) is 5.10 Å². The van der Waals surface area contributed by atoms with Crippen LogP contribution < -0.4 is 5.01 Å². The van der Waals surface area contributed by atoms with Crippen LogP contribution >= 0.6 is 23.2 Å². The van der Waals surface area contributed by atoms with Gasteiger partial charge in [0.15, 0.2) is 0 Å². The van der Waals surface area contributed by atoms with Crippen LogP contribution in [0.4, 0.5) is 18.9 Å². The highest BCUT2D eigenvalue weighted by Crippen LogP contribution is 2.34. The molecule has 1 aromatic heterocycles. The molecule has 0 spiro atoms. The first kappa shape index (κ1) is 21.2. The molecule has 0 saturated carbocycles. The maximum absolute atomic E-state index is 13.0. The van der Waals surface area contributed by atoms with Gasteiger partial charge in [-0.1, -0.05) is 29.3 Å². The van der Waals surface area contributed by atoms with Crippen molar-refractivity contribution in [2.45, 2.75) is 13.1 Å². The highest BCUT2D eigenvalue weighted by molar-refractivity contribution is 6.42. The molecule has 158 valence electrons. The van der Waals surface area contributed by atoms with Gasteiger partial charge in [0.1, 0.15) is 11.5 Å². The van der Waals surface area contributed by atoms with E-state index >= 15 is 0 Å². The Morgan fingerprint density at radius 1 is 1.03 bits per heavy atom. The lowest BCUT2D eigenvalue weighted by molar-refractivity contribution is -0.137. The number of carbonyl (C=O) groups excluding carboxylic acids is 1. The van der Waals surface area contributed by atoms with Crippen LogP contribution in [-0.4, -0.2) is 11.6 Å². The molecule has 1 aliphatic heterocycles. The van der Waals surface area contributed by atoms with Gasteiger partial charge in [-0.15, -0.1) is 0 Å². The van der Waals surface area contributed by atoms with Crippen molar-refractivity contribution < 1.29 is 22.4 Å². The minimum absolute atomic E-state index is 0.0264. The number of anilines is 1. The number of halogens is 5. The molecule has 0 fully saturated rings. The molecule has 2 heterocycles. The fraction of sp³-hybridized carbons (Fsp3) is 0.0909. The Labute approximate surface area is 185 Å². The zero-order valence-electron chi connectivity index (χ0n) is 15.9. The molecule has 4 nitrogen and oxygen atoms in total. The van der Waals surface area contributed by atoms with Crippen LogP contribution in [-0.2, 0) is 11.0 Å². The van der Waals surface area contributed by atoms with E-state index in [2.05, 4.69) is 5.10 Å². The fourth-order valence-corrected chi connectivity index (χ4v) is 3.35. The topological polar surface area (TPSA) is 45.8 Å². The van der Waals surface area contributed by atoms with Gasteiger partial charge in [0.2, 0.25) is 0 Å². The van der Waals surface area contributed by atoms with Crippen molar-refractivity contribution in [2.75, 3.05) is 5.01 Å². The molecule has 0 bridgehead atoms. The zero-order valence-corrected chi connectivity index (χ0v) is 17.4. The van der Waals surface area contributed by atoms with Crippen molar-refractivity contribution in [3.05, 3.63) is 81.5 Å². The summed E-state index contributed by atoms with van der Waals surface area (Å²) < 4.78 is 44.8. The first-order valence-electron chi connectivity index (χ1n) is 8.98. The summed E-state index contributed by atoms with van der Waals surface area (Å²) in [6.45, 7) is 1.60. The summed E-state index contributed by atoms with van der Waals surface area (Å²) in [5.74, 6) is 0.342. The highest BCUT2D eigenvalue weighted by atomic mass is 35.5. The third-order valence-corrected chi connectivity index (χ3v) is 5.34. The molecule has 1 aliphatic rings. The summed E-state index contributed by atoms with van der Waals surface area (Å²) in [6, 6.07) is 12.9. The number of nitrogens with zero attached hydrogens (tertiary/aromatic N) is 2. The molecule has 4 rings (SSSR count). The molecule has 0 unspecified atom stereocenters. The SMILES string of the molecule is CC1=NN(c2cccc(C(F)(F)F)c2)C(=O)/C1=C\c1ccc(-c2ccc(Cl)c(Cl)c2)o1. The van der Waals surface area contributed by atoms with Gasteiger partial charge in [0.05, 0.1) is 32.6 Å². The number of hydrogen-bond acceptors (Lipinski definition) is 3. The molecule has 0 radical (unpaired) electrons. The van der Waals surface area contributed by atoms with Crippen molar-refractivity contribution in [3.8, 4) is 11.3 Å². The number of benzene rings is 2. The van der Waals surface area contributed by atoms with Crippen molar-refractivity contribution >= 4 is 46.6 Å². The third kappa shape index (κ3) is 4.24. The van der Waals surface area contributed by atoms with E-state index in [1.807, 2.05) is 0 Å². The number of alkyl halides is 3. The lowest BCUT2D eigenvalue weighted by atomic mass is 10.1. The second kappa shape index (κ2) is 7.90. The minimum Gasteiger partial charge on any atom is -0.457 e. The van der Waals surface area contributed by atoms with Crippen LogP contribution in [0.1, 0.15) is 18.2 Å². The van der Waals surface area contributed by atoms with Crippen LogP contribution in [0.3, 0.4) is 0 Å². The summed E-state index contributed by atoms with van der Waals surface area (Å²) >= 11 is 12.0. The van der Waals surface area contributed by atoms with Crippen LogP contribution in [0.25, 0.3) is 17.4 Å². The first-order valence-corrected chi connectivity index (χ1v) is 9.73. The van der Waals surface area contributed by atoms with Gasteiger partial charge in [-0.2, -0.15) is 23.3 Å². The standard InChI is InChI=1S/C22H13Cl2F3N2O2/c1-12-17(11-16-6-8-20(31-16)13-5-7-18(23)19(24)9-13)21(30)29(28-12)15-4-2-3-14(10-15)22(25,26)27/h2-11H,1H3/b17-11-. The van der Waals surface area contributed by atoms with Gasteiger partial charge in [-0.05, 0) is 61.5 Å². The number of hydrazone groups is 1. The van der Waals surface area contributed by atoms with Gasteiger partial charge in [-0.3, -0.25) is 4.79 Å². The molecular formula is C22H13Cl2F3N2O2. The molecule has 2 aromatic carbocycles. The summed E-state index contributed by atoms with van der Waals surface area (Å²) in [5.41, 5.74) is 0.439. The van der Waals surface area contributed by atoms with Crippen molar-refractivity contribution in [1.82, 2.24) is 0 Å². The Morgan fingerprint density at radius 3 is 2.52 bits per heavy atom. The molecule has 3 aromatic rings. The van der Waals surface area contributed by atoms with E-state index in [9.17, 15) is 18.0 Å². The van der Waals surface area contributed by atoms with E-state index < -0.39 is 17.6 Å². The Morgan fingerprint density at radius 2 is 1.81 bits per heavy atom. The van der Waals surface area contributed by atoms with Gasteiger partial charge in [-0.25, -0.2) is 0 Å². The van der Waals surface area contributed by atoms with E-state index in [4.69, 9.17) is 27.6 Å². The maximum atomic E-state index is 13.0. The predicted octanol–water partition coefficient (Wildman–Crippen LogP) is 7.08. The van der Waals surface area contributed by atoms with E-state index in [1.54, 1.807) is 37.3 Å². The van der Waals surface area contributed by atoms with Gasteiger partial charge >= 0.3 is 6.18 Å². The van der Waals surface area contributed by atoms with Gasteiger partial charge in [0, 0.05) is 5.56 Å². The van der Waals surface area contributed by atoms with Crippen LogP contribution in [0, 0.1) is 0 Å². The van der Waals surface area contributed by atoms with Gasteiger partial charge in [0.25, 0.3) is 5.91 Å². The fourth-order valence-electron chi connectivity index (χ4n) is 3.05. The van der Waals surface area contributed by atoms with E-state index in [-0.39, 0.29) is 11.3 Å². The number of hydrogen-bond donors (Lipinski definition) is 0. The smallest absolute Gasteiger partial charge is 0.416 e. The highest BCUT2D eigenvalue weighted by Gasteiger charge is 2.33. The monoisotopic (exact) mass is 464 g/mol. The van der Waals surface area contributed by atoms with E-state index in [1.165, 1.54) is 18.2 Å². The van der Waals surface area contributed by atoms with Crippen LogP contribution in [0.15, 0.2) is 69.7 Å².